The molecule has 0 aliphatic rings. The second kappa shape index (κ2) is 3.77. The van der Waals surface area contributed by atoms with Crippen molar-refractivity contribution in [2.75, 3.05) is 0 Å². The highest BCUT2D eigenvalue weighted by molar-refractivity contribution is 9.10. The summed E-state index contributed by atoms with van der Waals surface area (Å²) in [4.78, 5) is 4.34. The molecule has 2 aromatic rings. The van der Waals surface area contributed by atoms with Crippen molar-refractivity contribution in [1.29, 1.82) is 0 Å². The number of hydrogen-bond acceptors (Lipinski definition) is 2. The maximum absolute atomic E-state index is 4.39. The van der Waals surface area contributed by atoms with Gasteiger partial charge in [0.05, 0.1) is 5.69 Å². The molecule has 0 radical (unpaired) electrons. The van der Waals surface area contributed by atoms with Gasteiger partial charge in [-0.2, -0.15) is 5.10 Å². The van der Waals surface area contributed by atoms with Gasteiger partial charge in [-0.1, -0.05) is 0 Å². The van der Waals surface area contributed by atoms with Crippen LogP contribution in [-0.2, 0) is 0 Å². The van der Waals surface area contributed by atoms with Gasteiger partial charge < -0.3 is 0 Å². The van der Waals surface area contributed by atoms with E-state index in [4.69, 9.17) is 0 Å². The molecular formula is C11H12BrN3. The fourth-order valence-corrected chi connectivity index (χ4v) is 1.72. The first-order chi connectivity index (χ1) is 7.08. The summed E-state index contributed by atoms with van der Waals surface area (Å²) >= 11 is 3.43. The van der Waals surface area contributed by atoms with Gasteiger partial charge in [-0.3, -0.25) is 0 Å². The number of halogens is 1. The van der Waals surface area contributed by atoms with Crippen LogP contribution in [0, 0.1) is 20.8 Å². The Hall–Kier alpha value is -1.16. The maximum Gasteiger partial charge on any atom is 0.153 e. The lowest BCUT2D eigenvalue weighted by Gasteiger charge is -2.05. The quantitative estimate of drug-likeness (QED) is 0.794. The van der Waals surface area contributed by atoms with Crippen molar-refractivity contribution in [3.8, 4) is 5.82 Å². The molecule has 0 N–H and O–H groups in total. The van der Waals surface area contributed by atoms with Crippen LogP contribution in [0.25, 0.3) is 5.82 Å². The number of aryl methyl sites for hydroxylation is 3. The van der Waals surface area contributed by atoms with Crippen LogP contribution in [0.2, 0.25) is 0 Å². The van der Waals surface area contributed by atoms with Gasteiger partial charge in [0.15, 0.2) is 5.82 Å². The molecule has 0 aliphatic carbocycles. The minimum Gasteiger partial charge on any atom is -0.236 e. The number of aromatic nitrogens is 3. The fraction of sp³-hybridized carbons (Fsp3) is 0.273. The monoisotopic (exact) mass is 265 g/mol. The van der Waals surface area contributed by atoms with E-state index < -0.39 is 0 Å². The molecular weight excluding hydrogens is 254 g/mol. The molecule has 2 aromatic heterocycles. The molecule has 78 valence electrons. The van der Waals surface area contributed by atoms with Gasteiger partial charge in [-0.05, 0) is 54.4 Å². The Bertz CT molecular complexity index is 503. The van der Waals surface area contributed by atoms with Crippen LogP contribution in [0.15, 0.2) is 22.8 Å². The summed E-state index contributed by atoms with van der Waals surface area (Å²) in [6, 6.07) is 4.06. The summed E-state index contributed by atoms with van der Waals surface area (Å²) in [5.74, 6) is 0.862. The first-order valence-electron chi connectivity index (χ1n) is 4.73. The van der Waals surface area contributed by atoms with Crippen LogP contribution < -0.4 is 0 Å². The van der Waals surface area contributed by atoms with E-state index in [1.807, 2.05) is 37.6 Å². The summed E-state index contributed by atoms with van der Waals surface area (Å²) in [5, 5.41) is 4.39. The molecule has 4 heteroatoms. The molecule has 0 unspecified atom stereocenters. The van der Waals surface area contributed by atoms with E-state index in [0.29, 0.717) is 0 Å². The summed E-state index contributed by atoms with van der Waals surface area (Å²) < 4.78 is 2.88. The van der Waals surface area contributed by atoms with Crippen molar-refractivity contribution >= 4 is 15.9 Å². The maximum atomic E-state index is 4.39. The zero-order valence-corrected chi connectivity index (χ0v) is 10.5. The summed E-state index contributed by atoms with van der Waals surface area (Å²) in [6.07, 6.45) is 1.81. The van der Waals surface area contributed by atoms with Crippen LogP contribution in [0.5, 0.6) is 0 Å². The molecule has 3 nitrogen and oxygen atoms in total. The van der Waals surface area contributed by atoms with E-state index in [1.54, 1.807) is 6.20 Å². The van der Waals surface area contributed by atoms with Crippen molar-refractivity contribution in [2.24, 2.45) is 0 Å². The lowest BCUT2D eigenvalue weighted by Crippen LogP contribution is -2.02. The number of pyridine rings is 1. The summed E-state index contributed by atoms with van der Waals surface area (Å²) in [5.41, 5.74) is 3.27. The molecule has 0 aliphatic heterocycles. The number of nitrogens with zero attached hydrogens (tertiary/aromatic N) is 3. The van der Waals surface area contributed by atoms with E-state index in [-0.39, 0.29) is 0 Å². The highest BCUT2D eigenvalue weighted by Gasteiger charge is 2.05. The molecule has 0 aromatic carbocycles. The molecule has 0 saturated carbocycles. The third-order valence-electron chi connectivity index (χ3n) is 2.26. The minimum atomic E-state index is 0.862. The Morgan fingerprint density at radius 3 is 2.47 bits per heavy atom. The highest BCUT2D eigenvalue weighted by Crippen LogP contribution is 2.17. The third-order valence-corrected chi connectivity index (χ3v) is 3.09. The minimum absolute atomic E-state index is 0.862. The van der Waals surface area contributed by atoms with Crippen molar-refractivity contribution in [3.05, 3.63) is 39.8 Å². The predicted molar refractivity (Wildman–Crippen MR) is 63.3 cm³/mol. The van der Waals surface area contributed by atoms with Crippen LogP contribution in [0.4, 0.5) is 0 Å². The Morgan fingerprint density at radius 2 is 1.93 bits per heavy atom. The van der Waals surface area contributed by atoms with E-state index in [1.165, 1.54) is 0 Å². The van der Waals surface area contributed by atoms with Crippen LogP contribution in [-0.4, -0.2) is 14.8 Å². The Labute approximate surface area is 97.3 Å². The van der Waals surface area contributed by atoms with E-state index in [9.17, 15) is 0 Å². The van der Waals surface area contributed by atoms with E-state index in [2.05, 4.69) is 26.0 Å². The first kappa shape index (κ1) is 10.4. The van der Waals surface area contributed by atoms with Crippen molar-refractivity contribution in [1.82, 2.24) is 14.8 Å². The smallest absolute Gasteiger partial charge is 0.153 e. The van der Waals surface area contributed by atoms with E-state index in [0.717, 1.165) is 27.2 Å². The van der Waals surface area contributed by atoms with Gasteiger partial charge in [-0.25, -0.2) is 9.67 Å². The van der Waals surface area contributed by atoms with Gasteiger partial charge in [0.1, 0.15) is 0 Å². The molecule has 0 spiro atoms. The standard InChI is InChI=1S/C11H12BrN3/c1-7-4-11(13-6-10(7)12)15-9(3)5-8(2)14-15/h4-6H,1-3H3. The molecule has 0 fully saturated rings. The topological polar surface area (TPSA) is 30.7 Å². The zero-order valence-electron chi connectivity index (χ0n) is 8.95. The fourth-order valence-electron chi connectivity index (χ4n) is 1.50. The first-order valence-corrected chi connectivity index (χ1v) is 5.53. The molecule has 0 bridgehead atoms. The Morgan fingerprint density at radius 1 is 1.20 bits per heavy atom. The second-order valence-corrected chi connectivity index (χ2v) is 4.48. The van der Waals surface area contributed by atoms with Crippen LogP contribution in [0.3, 0.4) is 0 Å². The number of hydrogen-bond donors (Lipinski definition) is 0. The summed E-state index contributed by atoms with van der Waals surface area (Å²) in [6.45, 7) is 6.05. The lowest BCUT2D eigenvalue weighted by atomic mass is 10.3. The average Bonchev–Trinajstić information content (AvgIpc) is 2.50. The SMILES string of the molecule is Cc1cc(C)n(-c2cc(C)c(Br)cn2)n1. The second-order valence-electron chi connectivity index (χ2n) is 3.63. The van der Waals surface area contributed by atoms with Gasteiger partial charge in [0, 0.05) is 16.4 Å². The predicted octanol–water partition coefficient (Wildman–Crippen LogP) is 2.96. The lowest BCUT2D eigenvalue weighted by molar-refractivity contribution is 0.804. The average molecular weight is 266 g/mol. The van der Waals surface area contributed by atoms with Gasteiger partial charge >= 0.3 is 0 Å². The van der Waals surface area contributed by atoms with E-state index >= 15 is 0 Å². The molecule has 2 rings (SSSR count). The van der Waals surface area contributed by atoms with Crippen molar-refractivity contribution in [3.63, 3.8) is 0 Å². The van der Waals surface area contributed by atoms with Gasteiger partial charge in [-0.15, -0.1) is 0 Å². The highest BCUT2D eigenvalue weighted by atomic mass is 79.9. The Kier molecular flexibility index (Phi) is 2.61. The normalized spacial score (nSPS) is 10.7. The van der Waals surface area contributed by atoms with Gasteiger partial charge in [0.25, 0.3) is 0 Å². The molecule has 0 amide bonds. The van der Waals surface area contributed by atoms with Crippen molar-refractivity contribution < 1.29 is 0 Å². The molecule has 0 atom stereocenters. The van der Waals surface area contributed by atoms with Gasteiger partial charge in [0.2, 0.25) is 0 Å². The summed E-state index contributed by atoms with van der Waals surface area (Å²) in [7, 11) is 0. The third kappa shape index (κ3) is 1.95. The number of rotatable bonds is 1. The Balaban J connectivity index is 2.54. The largest absolute Gasteiger partial charge is 0.236 e. The zero-order chi connectivity index (χ0) is 11.0. The van der Waals surface area contributed by atoms with Crippen LogP contribution >= 0.6 is 15.9 Å². The molecule has 0 saturated heterocycles. The molecule has 15 heavy (non-hydrogen) atoms. The van der Waals surface area contributed by atoms with Crippen LogP contribution in [0.1, 0.15) is 17.0 Å². The molecule has 2 heterocycles. The van der Waals surface area contributed by atoms with Crippen molar-refractivity contribution in [2.45, 2.75) is 20.8 Å².